The van der Waals surface area contributed by atoms with Crippen LogP contribution in [0.4, 0.5) is 0 Å². The van der Waals surface area contributed by atoms with Crippen LogP contribution < -0.4 is 0 Å². The summed E-state index contributed by atoms with van der Waals surface area (Å²) in [4.78, 5) is 24.4. The molecule has 1 rings (SSSR count). The molecule has 0 amide bonds. The predicted molar refractivity (Wildman–Crippen MR) is 159 cm³/mol. The van der Waals surface area contributed by atoms with E-state index in [1.165, 1.54) is 38.5 Å². The van der Waals surface area contributed by atoms with E-state index < -0.39 is 5.60 Å². The van der Waals surface area contributed by atoms with Crippen LogP contribution in [0.5, 0.6) is 0 Å². The maximum Gasteiger partial charge on any atom is 0.305 e. The van der Waals surface area contributed by atoms with Crippen molar-refractivity contribution in [2.45, 2.75) is 167 Å². The molecule has 0 aromatic heterocycles. The Morgan fingerprint density at radius 1 is 0.892 bits per heavy atom. The number of ether oxygens (including phenoxy) is 1. The summed E-state index contributed by atoms with van der Waals surface area (Å²) in [5.74, 6) is 1.22. The van der Waals surface area contributed by atoms with E-state index in [0.717, 1.165) is 70.6 Å². The third-order valence-corrected chi connectivity index (χ3v) is 9.48. The van der Waals surface area contributed by atoms with E-state index >= 15 is 0 Å². The summed E-state index contributed by atoms with van der Waals surface area (Å²) in [5, 5.41) is 11.2. The second kappa shape index (κ2) is 19.5. The van der Waals surface area contributed by atoms with E-state index in [2.05, 4.69) is 27.7 Å². The Hall–Kier alpha value is -0.550. The molecule has 5 heteroatoms. The van der Waals surface area contributed by atoms with Crippen molar-refractivity contribution in [2.75, 3.05) is 12.4 Å². The molecule has 1 aliphatic rings. The third kappa shape index (κ3) is 18.4. The van der Waals surface area contributed by atoms with Gasteiger partial charge in [0.2, 0.25) is 0 Å². The van der Waals surface area contributed by atoms with Crippen molar-refractivity contribution in [1.29, 1.82) is 0 Å². The number of unbranched alkanes of at least 4 members (excludes halogenated alkanes) is 10. The lowest BCUT2D eigenvalue weighted by atomic mass is 9.87. The molecule has 0 bridgehead atoms. The lowest BCUT2D eigenvalue weighted by Gasteiger charge is -2.28. The molecule has 37 heavy (non-hydrogen) atoms. The summed E-state index contributed by atoms with van der Waals surface area (Å²) < 4.78 is 5.39. The molecule has 0 aromatic carbocycles. The van der Waals surface area contributed by atoms with Gasteiger partial charge in [-0.1, -0.05) is 98.3 Å². The van der Waals surface area contributed by atoms with Crippen LogP contribution in [0.3, 0.4) is 0 Å². The van der Waals surface area contributed by atoms with Gasteiger partial charge in [0.25, 0.3) is 0 Å². The molecule has 1 aliphatic carbocycles. The SMILES string of the molecule is CCCCCCCCCCOC(=O)CCCCCCC1C(=O)CCC1SCC(C)(O)CCCC(C)(C)C. The summed E-state index contributed by atoms with van der Waals surface area (Å²) in [7, 11) is 0. The minimum absolute atomic E-state index is 0.0556. The quantitative estimate of drug-likeness (QED) is 0.110. The second-order valence-corrected chi connectivity index (χ2v) is 14.2. The molecular weight excluding hydrogens is 480 g/mol. The van der Waals surface area contributed by atoms with Crippen LogP contribution in [0.25, 0.3) is 0 Å². The molecular formula is C32H60O4S. The summed E-state index contributed by atoms with van der Waals surface area (Å²) in [6.45, 7) is 11.5. The normalized spacial score (nSPS) is 19.8. The van der Waals surface area contributed by atoms with Crippen LogP contribution in [-0.2, 0) is 14.3 Å². The number of hydrogen-bond donors (Lipinski definition) is 1. The fraction of sp³-hybridized carbons (Fsp3) is 0.938. The number of rotatable bonds is 22. The van der Waals surface area contributed by atoms with Crippen LogP contribution in [0.1, 0.15) is 157 Å². The number of ketones is 1. The molecule has 1 N–H and O–H groups in total. The van der Waals surface area contributed by atoms with Crippen molar-refractivity contribution in [3.63, 3.8) is 0 Å². The average molecular weight is 541 g/mol. The van der Waals surface area contributed by atoms with Gasteiger partial charge >= 0.3 is 5.97 Å². The largest absolute Gasteiger partial charge is 0.466 e. The molecule has 0 radical (unpaired) electrons. The zero-order valence-electron chi connectivity index (χ0n) is 25.1. The standard InChI is InChI=1S/C32H60O4S/c1-6-7-8-9-10-11-14-17-25-36-30(34)20-16-13-12-15-19-27-28(33)21-22-29(27)37-26-32(5,35)24-18-23-31(2,3)4/h27,29,35H,6-26H2,1-5H3. The number of carbonyl (C=O) groups is 2. The fourth-order valence-corrected chi connectivity index (χ4v) is 6.79. The Morgan fingerprint density at radius 2 is 1.51 bits per heavy atom. The van der Waals surface area contributed by atoms with Gasteiger partial charge < -0.3 is 9.84 Å². The Labute approximate surface area is 233 Å². The second-order valence-electron chi connectivity index (χ2n) is 13.0. The van der Waals surface area contributed by atoms with Crippen molar-refractivity contribution in [3.05, 3.63) is 0 Å². The zero-order valence-corrected chi connectivity index (χ0v) is 25.9. The summed E-state index contributed by atoms with van der Waals surface area (Å²) in [5.41, 5.74) is -0.353. The van der Waals surface area contributed by atoms with Crippen molar-refractivity contribution >= 4 is 23.5 Å². The Morgan fingerprint density at radius 3 is 2.19 bits per heavy atom. The lowest BCUT2D eigenvalue weighted by molar-refractivity contribution is -0.143. The smallest absolute Gasteiger partial charge is 0.305 e. The van der Waals surface area contributed by atoms with Gasteiger partial charge in [-0.25, -0.2) is 0 Å². The summed E-state index contributed by atoms with van der Waals surface area (Å²) in [6, 6.07) is 0. The van der Waals surface area contributed by atoms with Crippen LogP contribution in [-0.4, -0.2) is 40.1 Å². The molecule has 0 spiro atoms. The summed E-state index contributed by atoms with van der Waals surface area (Å²) >= 11 is 1.82. The molecule has 0 aromatic rings. The highest BCUT2D eigenvalue weighted by Gasteiger charge is 2.35. The number of hydrogen-bond acceptors (Lipinski definition) is 5. The maximum atomic E-state index is 12.5. The highest BCUT2D eigenvalue weighted by atomic mass is 32.2. The van der Waals surface area contributed by atoms with Gasteiger partial charge in [-0.05, 0) is 50.9 Å². The zero-order chi connectivity index (χ0) is 27.6. The molecule has 218 valence electrons. The molecule has 3 unspecified atom stereocenters. The number of esters is 1. The molecule has 1 fully saturated rings. The maximum absolute atomic E-state index is 12.5. The van der Waals surface area contributed by atoms with E-state index in [1.807, 2.05) is 18.7 Å². The van der Waals surface area contributed by atoms with Crippen molar-refractivity contribution < 1.29 is 19.4 Å². The Kier molecular flexibility index (Phi) is 18.2. The fourth-order valence-electron chi connectivity index (χ4n) is 5.26. The van der Waals surface area contributed by atoms with Crippen molar-refractivity contribution in [3.8, 4) is 0 Å². The van der Waals surface area contributed by atoms with Crippen LogP contribution in [0.2, 0.25) is 0 Å². The minimum atomic E-state index is -0.658. The van der Waals surface area contributed by atoms with E-state index in [4.69, 9.17) is 4.74 Å². The third-order valence-electron chi connectivity index (χ3n) is 7.70. The molecule has 4 nitrogen and oxygen atoms in total. The number of thioether (sulfide) groups is 1. The number of aliphatic hydroxyl groups is 1. The lowest BCUT2D eigenvalue weighted by Crippen LogP contribution is -2.30. The average Bonchev–Trinajstić information content (AvgIpc) is 3.17. The van der Waals surface area contributed by atoms with E-state index in [9.17, 15) is 14.7 Å². The van der Waals surface area contributed by atoms with Crippen LogP contribution in [0, 0.1) is 11.3 Å². The molecule has 0 heterocycles. The first kappa shape index (κ1) is 34.5. The van der Waals surface area contributed by atoms with Crippen LogP contribution in [0.15, 0.2) is 0 Å². The highest BCUT2D eigenvalue weighted by Crippen LogP contribution is 2.38. The number of carbonyl (C=O) groups excluding carboxylic acids is 2. The summed E-state index contributed by atoms with van der Waals surface area (Å²) in [6.07, 6.45) is 20.1. The van der Waals surface area contributed by atoms with Gasteiger partial charge in [0.1, 0.15) is 5.78 Å². The van der Waals surface area contributed by atoms with E-state index in [-0.39, 0.29) is 11.9 Å². The topological polar surface area (TPSA) is 63.6 Å². The molecule has 0 aliphatic heterocycles. The highest BCUT2D eigenvalue weighted by molar-refractivity contribution is 8.00. The van der Waals surface area contributed by atoms with Crippen molar-refractivity contribution in [2.24, 2.45) is 11.3 Å². The first-order valence-corrected chi connectivity index (χ1v) is 16.6. The predicted octanol–water partition coefficient (Wildman–Crippen LogP) is 9.06. The first-order valence-electron chi connectivity index (χ1n) is 15.6. The van der Waals surface area contributed by atoms with Crippen molar-refractivity contribution in [1.82, 2.24) is 0 Å². The Bertz CT molecular complexity index is 610. The molecule has 3 atom stereocenters. The minimum Gasteiger partial charge on any atom is -0.466 e. The molecule has 1 saturated carbocycles. The van der Waals surface area contributed by atoms with Gasteiger partial charge in [-0.3, -0.25) is 9.59 Å². The van der Waals surface area contributed by atoms with Gasteiger partial charge in [0.05, 0.1) is 12.2 Å². The van der Waals surface area contributed by atoms with Crippen LogP contribution >= 0.6 is 11.8 Å². The Balaban J connectivity index is 2.09. The van der Waals surface area contributed by atoms with Gasteiger partial charge in [0.15, 0.2) is 0 Å². The first-order chi connectivity index (χ1) is 17.5. The van der Waals surface area contributed by atoms with E-state index in [1.54, 1.807) is 0 Å². The van der Waals surface area contributed by atoms with Gasteiger partial charge in [0, 0.05) is 29.8 Å². The van der Waals surface area contributed by atoms with Gasteiger partial charge in [-0.15, -0.1) is 0 Å². The van der Waals surface area contributed by atoms with Gasteiger partial charge in [-0.2, -0.15) is 11.8 Å². The number of Topliss-reactive ketones (excluding diaryl/α,β-unsaturated/α-hetero) is 1. The molecule has 0 saturated heterocycles. The van der Waals surface area contributed by atoms with E-state index in [0.29, 0.717) is 41.6 Å². The monoisotopic (exact) mass is 540 g/mol.